The van der Waals surface area contributed by atoms with E-state index in [0.717, 1.165) is 11.2 Å². The highest BCUT2D eigenvalue weighted by molar-refractivity contribution is 6.06. The molecular weight excluding hydrogens is 256 g/mol. The van der Waals surface area contributed by atoms with Crippen molar-refractivity contribution < 1.29 is 4.42 Å². The van der Waals surface area contributed by atoms with Gasteiger partial charge in [0.25, 0.3) is 0 Å². The zero-order chi connectivity index (χ0) is 14.4. The van der Waals surface area contributed by atoms with Crippen LogP contribution in [0.2, 0.25) is 0 Å². The van der Waals surface area contributed by atoms with Crippen LogP contribution in [0.4, 0.5) is 0 Å². The van der Waals surface area contributed by atoms with E-state index in [1.807, 2.05) is 0 Å². The minimum Gasteiger partial charge on any atom is -0.456 e. The van der Waals surface area contributed by atoms with Crippen molar-refractivity contribution in [2.75, 3.05) is 0 Å². The second-order valence-corrected chi connectivity index (χ2v) is 5.68. The Morgan fingerprint density at radius 3 is 2.10 bits per heavy atom. The molecule has 0 aliphatic heterocycles. The topological polar surface area (TPSA) is 13.1 Å². The van der Waals surface area contributed by atoms with Gasteiger partial charge in [0, 0.05) is 10.8 Å². The minimum atomic E-state index is 0.951. The zero-order valence-electron chi connectivity index (χ0n) is 12.2. The summed E-state index contributed by atoms with van der Waals surface area (Å²) in [4.78, 5) is 0. The van der Waals surface area contributed by atoms with Gasteiger partial charge in [0.05, 0.1) is 0 Å². The molecule has 0 radical (unpaired) electrons. The van der Waals surface area contributed by atoms with Gasteiger partial charge in [-0.25, -0.2) is 0 Å². The fourth-order valence-corrected chi connectivity index (χ4v) is 2.90. The van der Waals surface area contributed by atoms with E-state index in [1.54, 1.807) is 0 Å². The van der Waals surface area contributed by atoms with Gasteiger partial charge in [-0.05, 0) is 49.2 Å². The van der Waals surface area contributed by atoms with Crippen LogP contribution in [0.15, 0.2) is 65.1 Å². The molecule has 0 aliphatic rings. The number of rotatable bonds is 1. The van der Waals surface area contributed by atoms with E-state index in [1.165, 1.54) is 33.0 Å². The third kappa shape index (κ3) is 2.02. The van der Waals surface area contributed by atoms with Crippen LogP contribution in [-0.2, 0) is 0 Å². The molecule has 4 aromatic rings. The fourth-order valence-electron chi connectivity index (χ4n) is 2.90. The van der Waals surface area contributed by atoms with Gasteiger partial charge in [0.15, 0.2) is 0 Å². The first kappa shape index (κ1) is 12.2. The number of hydrogen-bond donors (Lipinski definition) is 0. The first-order valence-electron chi connectivity index (χ1n) is 7.21. The highest BCUT2D eigenvalue weighted by atomic mass is 16.3. The highest BCUT2D eigenvalue weighted by Gasteiger charge is 2.08. The molecule has 0 saturated heterocycles. The molecule has 0 unspecified atom stereocenters. The Kier molecular flexibility index (Phi) is 2.61. The Bertz CT molecular complexity index is 960. The molecule has 0 N–H and O–H groups in total. The number of aryl methyl sites for hydroxylation is 2. The Balaban J connectivity index is 2.00. The van der Waals surface area contributed by atoms with Gasteiger partial charge in [-0.2, -0.15) is 0 Å². The molecule has 1 heteroatoms. The average molecular weight is 272 g/mol. The quantitative estimate of drug-likeness (QED) is 0.422. The minimum absolute atomic E-state index is 0.951. The second kappa shape index (κ2) is 4.49. The van der Waals surface area contributed by atoms with Gasteiger partial charge < -0.3 is 4.42 Å². The first-order chi connectivity index (χ1) is 10.2. The summed E-state index contributed by atoms with van der Waals surface area (Å²) in [6.45, 7) is 4.24. The summed E-state index contributed by atoms with van der Waals surface area (Å²) in [5.41, 5.74) is 6.92. The van der Waals surface area contributed by atoms with Crippen molar-refractivity contribution >= 4 is 21.9 Å². The van der Waals surface area contributed by atoms with Crippen molar-refractivity contribution in [1.29, 1.82) is 0 Å². The van der Waals surface area contributed by atoms with E-state index in [-0.39, 0.29) is 0 Å². The lowest BCUT2D eigenvalue weighted by Crippen LogP contribution is -1.79. The molecule has 0 saturated carbocycles. The summed E-state index contributed by atoms with van der Waals surface area (Å²) in [5.74, 6) is 0. The summed E-state index contributed by atoms with van der Waals surface area (Å²) in [7, 11) is 0. The van der Waals surface area contributed by atoms with E-state index in [0.29, 0.717) is 0 Å². The van der Waals surface area contributed by atoms with E-state index >= 15 is 0 Å². The summed E-state index contributed by atoms with van der Waals surface area (Å²) >= 11 is 0. The van der Waals surface area contributed by atoms with Crippen LogP contribution in [0.3, 0.4) is 0 Å². The van der Waals surface area contributed by atoms with Crippen molar-refractivity contribution in [1.82, 2.24) is 0 Å². The molecule has 4 rings (SSSR count). The lowest BCUT2D eigenvalue weighted by Gasteiger charge is -2.03. The predicted molar refractivity (Wildman–Crippen MR) is 88.6 cm³/mol. The molecule has 0 spiro atoms. The molecule has 1 aromatic heterocycles. The van der Waals surface area contributed by atoms with Crippen LogP contribution < -0.4 is 0 Å². The molecule has 0 aliphatic carbocycles. The summed E-state index contributed by atoms with van der Waals surface area (Å²) in [6.07, 6.45) is 0. The Morgan fingerprint density at radius 2 is 1.29 bits per heavy atom. The Labute approximate surface area is 123 Å². The summed E-state index contributed by atoms with van der Waals surface area (Å²) in [5, 5.41) is 2.38. The lowest BCUT2D eigenvalue weighted by molar-refractivity contribution is 0.669. The van der Waals surface area contributed by atoms with Gasteiger partial charge in [-0.15, -0.1) is 0 Å². The molecule has 21 heavy (non-hydrogen) atoms. The number of benzene rings is 3. The van der Waals surface area contributed by atoms with Crippen LogP contribution in [-0.4, -0.2) is 0 Å². The van der Waals surface area contributed by atoms with E-state index in [9.17, 15) is 0 Å². The van der Waals surface area contributed by atoms with Gasteiger partial charge in [0.1, 0.15) is 11.2 Å². The third-order valence-corrected chi connectivity index (χ3v) is 3.98. The van der Waals surface area contributed by atoms with Crippen LogP contribution in [0, 0.1) is 13.8 Å². The molecular formula is C20H16O. The van der Waals surface area contributed by atoms with Crippen LogP contribution in [0.25, 0.3) is 33.1 Å². The Hall–Kier alpha value is -2.54. The fraction of sp³-hybridized carbons (Fsp3) is 0.100. The smallest absolute Gasteiger partial charge is 0.135 e. The van der Waals surface area contributed by atoms with Crippen molar-refractivity contribution in [3.05, 3.63) is 71.8 Å². The van der Waals surface area contributed by atoms with Crippen molar-refractivity contribution in [3.63, 3.8) is 0 Å². The predicted octanol–water partition coefficient (Wildman–Crippen LogP) is 5.87. The van der Waals surface area contributed by atoms with E-state index in [4.69, 9.17) is 4.42 Å². The number of hydrogen-bond acceptors (Lipinski definition) is 1. The normalized spacial score (nSPS) is 11.3. The van der Waals surface area contributed by atoms with E-state index in [2.05, 4.69) is 74.5 Å². The number of fused-ring (bicyclic) bond motifs is 3. The maximum absolute atomic E-state index is 5.92. The average Bonchev–Trinajstić information content (AvgIpc) is 2.84. The van der Waals surface area contributed by atoms with Gasteiger partial charge in [-0.3, -0.25) is 0 Å². The van der Waals surface area contributed by atoms with Crippen molar-refractivity contribution in [3.8, 4) is 11.1 Å². The van der Waals surface area contributed by atoms with Gasteiger partial charge >= 0.3 is 0 Å². The largest absolute Gasteiger partial charge is 0.456 e. The highest BCUT2D eigenvalue weighted by Crippen LogP contribution is 2.33. The summed E-state index contributed by atoms with van der Waals surface area (Å²) < 4.78 is 5.92. The first-order valence-corrected chi connectivity index (χ1v) is 7.21. The monoisotopic (exact) mass is 272 g/mol. The molecule has 0 fully saturated rings. The van der Waals surface area contributed by atoms with Crippen LogP contribution >= 0.6 is 0 Å². The molecule has 0 amide bonds. The molecule has 102 valence electrons. The van der Waals surface area contributed by atoms with Gasteiger partial charge in [0.2, 0.25) is 0 Å². The molecule has 1 nitrogen and oxygen atoms in total. The summed E-state index contributed by atoms with van der Waals surface area (Å²) in [6, 6.07) is 21.4. The van der Waals surface area contributed by atoms with Crippen molar-refractivity contribution in [2.24, 2.45) is 0 Å². The maximum atomic E-state index is 5.92. The lowest BCUT2D eigenvalue weighted by atomic mass is 10.0. The molecule has 3 aromatic carbocycles. The van der Waals surface area contributed by atoms with Crippen LogP contribution in [0.1, 0.15) is 11.1 Å². The molecule has 1 heterocycles. The van der Waals surface area contributed by atoms with Crippen molar-refractivity contribution in [2.45, 2.75) is 13.8 Å². The third-order valence-electron chi connectivity index (χ3n) is 3.98. The van der Waals surface area contributed by atoms with Gasteiger partial charge in [-0.1, -0.05) is 47.5 Å². The second-order valence-electron chi connectivity index (χ2n) is 5.68. The molecule has 0 bridgehead atoms. The standard InChI is InChI=1S/C20H16O/c1-13-4-3-5-15(10-13)16-7-9-20-18(12-16)17-11-14(2)6-8-19(17)21-20/h3-12H,1-2H3. The Morgan fingerprint density at radius 1 is 0.619 bits per heavy atom. The van der Waals surface area contributed by atoms with Crippen LogP contribution in [0.5, 0.6) is 0 Å². The van der Waals surface area contributed by atoms with E-state index < -0.39 is 0 Å². The zero-order valence-corrected chi connectivity index (χ0v) is 12.2. The maximum Gasteiger partial charge on any atom is 0.135 e. The number of furan rings is 1. The molecule has 0 atom stereocenters. The SMILES string of the molecule is Cc1cccc(-c2ccc3oc4ccc(C)cc4c3c2)c1.